The summed E-state index contributed by atoms with van der Waals surface area (Å²) in [6.45, 7) is 10.9. The van der Waals surface area contributed by atoms with E-state index >= 15 is 0 Å². The minimum Gasteiger partial charge on any atom is -0.325 e. The number of hydrogen-bond donors (Lipinski definition) is 1. The van der Waals surface area contributed by atoms with E-state index in [-0.39, 0.29) is 11.3 Å². The van der Waals surface area contributed by atoms with Crippen LogP contribution in [-0.4, -0.2) is 11.7 Å². The van der Waals surface area contributed by atoms with Crippen LogP contribution in [0, 0.1) is 0 Å². The molecule has 1 N–H and O–H groups in total. The van der Waals surface area contributed by atoms with Gasteiger partial charge in [-0.05, 0) is 46.7 Å². The van der Waals surface area contributed by atoms with E-state index < -0.39 is 0 Å². The fourth-order valence-electron chi connectivity index (χ4n) is 2.35. The molecule has 0 saturated carbocycles. The van der Waals surface area contributed by atoms with Gasteiger partial charge in [0.15, 0.2) is 0 Å². The van der Waals surface area contributed by atoms with Gasteiger partial charge in [-0.1, -0.05) is 58.9 Å². The highest BCUT2D eigenvalue weighted by atomic mass is 32.2. The van der Waals surface area contributed by atoms with Crippen LogP contribution in [0.3, 0.4) is 0 Å². The summed E-state index contributed by atoms with van der Waals surface area (Å²) < 4.78 is 0. The lowest BCUT2D eigenvalue weighted by molar-refractivity contribution is -0.113. The number of benzene rings is 2. The first-order valence-electron chi connectivity index (χ1n) is 8.39. The van der Waals surface area contributed by atoms with Crippen molar-refractivity contribution in [3.8, 4) is 0 Å². The largest absolute Gasteiger partial charge is 0.325 e. The Morgan fingerprint density at radius 1 is 1.00 bits per heavy atom. The predicted molar refractivity (Wildman–Crippen MR) is 105 cm³/mol. The van der Waals surface area contributed by atoms with Crippen molar-refractivity contribution in [3.63, 3.8) is 0 Å². The molecule has 1 amide bonds. The normalized spacial score (nSPS) is 11.6. The molecule has 0 saturated heterocycles. The number of amides is 1. The van der Waals surface area contributed by atoms with Gasteiger partial charge in [0.25, 0.3) is 0 Å². The van der Waals surface area contributed by atoms with E-state index in [1.165, 1.54) is 11.1 Å². The fourth-order valence-corrected chi connectivity index (χ4v) is 3.05. The van der Waals surface area contributed by atoms with Crippen molar-refractivity contribution >= 4 is 23.4 Å². The number of anilines is 1. The average molecular weight is 342 g/mol. The summed E-state index contributed by atoms with van der Waals surface area (Å²) in [4.78, 5) is 13.2. The van der Waals surface area contributed by atoms with Crippen molar-refractivity contribution in [2.75, 3.05) is 11.1 Å². The topological polar surface area (TPSA) is 29.1 Å². The zero-order chi connectivity index (χ0) is 17.7. The zero-order valence-electron chi connectivity index (χ0n) is 15.2. The second-order valence-corrected chi connectivity index (χ2v) is 8.44. The van der Waals surface area contributed by atoms with Crippen molar-refractivity contribution in [1.82, 2.24) is 0 Å². The van der Waals surface area contributed by atoms with Crippen LogP contribution in [0.15, 0.2) is 53.4 Å². The third-order valence-corrected chi connectivity index (χ3v) is 4.96. The van der Waals surface area contributed by atoms with Crippen LogP contribution < -0.4 is 5.32 Å². The van der Waals surface area contributed by atoms with Crippen molar-refractivity contribution in [1.29, 1.82) is 0 Å². The van der Waals surface area contributed by atoms with Crippen molar-refractivity contribution in [2.24, 2.45) is 0 Å². The van der Waals surface area contributed by atoms with Gasteiger partial charge < -0.3 is 5.32 Å². The Hall–Kier alpha value is -1.74. The van der Waals surface area contributed by atoms with Crippen LogP contribution in [0.2, 0.25) is 0 Å². The van der Waals surface area contributed by atoms with Crippen molar-refractivity contribution in [3.05, 3.63) is 59.7 Å². The number of thioether (sulfide) groups is 1. The first-order chi connectivity index (χ1) is 11.3. The molecule has 0 aliphatic carbocycles. The Kier molecular flexibility index (Phi) is 6.11. The maximum absolute atomic E-state index is 12.1. The number of carbonyl (C=O) groups excluding carboxylic acids is 1. The Morgan fingerprint density at radius 3 is 2.08 bits per heavy atom. The third-order valence-electron chi connectivity index (χ3n) is 3.95. The van der Waals surface area contributed by atoms with E-state index in [2.05, 4.69) is 76.3 Å². The van der Waals surface area contributed by atoms with Gasteiger partial charge in [-0.25, -0.2) is 0 Å². The van der Waals surface area contributed by atoms with Gasteiger partial charge in [-0.2, -0.15) is 0 Å². The highest BCUT2D eigenvalue weighted by Crippen LogP contribution is 2.25. The van der Waals surface area contributed by atoms with E-state index in [0.717, 1.165) is 10.6 Å². The molecule has 3 heteroatoms. The number of nitrogens with one attached hydrogen (secondary N) is 1. The number of rotatable bonds is 5. The Labute approximate surface area is 150 Å². The summed E-state index contributed by atoms with van der Waals surface area (Å²) in [5.41, 5.74) is 3.60. The first-order valence-corrected chi connectivity index (χ1v) is 9.37. The standard InChI is InChI=1S/C21H27NOS/c1-15(2)16-6-10-18(11-7-16)22-20(23)14-24-19-12-8-17(9-13-19)21(3,4)5/h6-13,15H,14H2,1-5H3,(H,22,23). The van der Waals surface area contributed by atoms with Crippen molar-refractivity contribution < 1.29 is 4.79 Å². The lowest BCUT2D eigenvalue weighted by atomic mass is 9.87. The monoisotopic (exact) mass is 341 g/mol. The fraction of sp³-hybridized carbons (Fsp3) is 0.381. The molecule has 2 aromatic carbocycles. The molecule has 0 spiro atoms. The molecular weight excluding hydrogens is 314 g/mol. The van der Waals surface area contributed by atoms with Gasteiger partial charge >= 0.3 is 0 Å². The lowest BCUT2D eigenvalue weighted by Gasteiger charge is -2.19. The first kappa shape index (κ1) is 18.6. The molecule has 0 aromatic heterocycles. The summed E-state index contributed by atoms with van der Waals surface area (Å²) in [5.74, 6) is 0.944. The number of hydrogen-bond acceptors (Lipinski definition) is 2. The molecule has 0 aliphatic heterocycles. The SMILES string of the molecule is CC(C)c1ccc(NC(=O)CSc2ccc(C(C)(C)C)cc2)cc1. The molecule has 0 radical (unpaired) electrons. The Morgan fingerprint density at radius 2 is 1.58 bits per heavy atom. The molecule has 0 fully saturated rings. The summed E-state index contributed by atoms with van der Waals surface area (Å²) in [6.07, 6.45) is 0. The molecule has 2 aromatic rings. The Bertz CT molecular complexity index is 666. The van der Waals surface area contributed by atoms with Gasteiger partial charge in [-0.3, -0.25) is 4.79 Å². The van der Waals surface area contributed by atoms with Crippen LogP contribution in [0.1, 0.15) is 51.7 Å². The molecular formula is C21H27NOS. The van der Waals surface area contributed by atoms with E-state index in [9.17, 15) is 4.79 Å². The van der Waals surface area contributed by atoms with Crippen LogP contribution in [0.25, 0.3) is 0 Å². The lowest BCUT2D eigenvalue weighted by Crippen LogP contribution is -2.14. The molecule has 2 nitrogen and oxygen atoms in total. The highest BCUT2D eigenvalue weighted by Gasteiger charge is 2.13. The van der Waals surface area contributed by atoms with Gasteiger partial charge in [0.05, 0.1) is 5.75 Å². The molecule has 128 valence electrons. The molecule has 0 aliphatic rings. The molecule has 0 unspecified atom stereocenters. The van der Waals surface area contributed by atoms with Gasteiger partial charge in [0, 0.05) is 10.6 Å². The molecule has 0 bridgehead atoms. The third kappa shape index (κ3) is 5.41. The molecule has 24 heavy (non-hydrogen) atoms. The van der Waals surface area contributed by atoms with Gasteiger partial charge in [0.2, 0.25) is 5.91 Å². The minimum absolute atomic E-state index is 0.0252. The van der Waals surface area contributed by atoms with Crippen LogP contribution in [-0.2, 0) is 10.2 Å². The summed E-state index contributed by atoms with van der Waals surface area (Å²) in [7, 11) is 0. The van der Waals surface area contributed by atoms with E-state index in [1.807, 2.05) is 12.1 Å². The summed E-state index contributed by atoms with van der Waals surface area (Å²) in [5, 5.41) is 2.95. The van der Waals surface area contributed by atoms with Crippen molar-refractivity contribution in [2.45, 2.75) is 50.8 Å². The number of carbonyl (C=O) groups is 1. The second kappa shape index (κ2) is 7.89. The second-order valence-electron chi connectivity index (χ2n) is 7.39. The smallest absolute Gasteiger partial charge is 0.234 e. The van der Waals surface area contributed by atoms with Crippen LogP contribution in [0.5, 0.6) is 0 Å². The molecule has 0 atom stereocenters. The predicted octanol–water partition coefficient (Wildman–Crippen LogP) is 5.84. The van der Waals surface area contributed by atoms with E-state index in [4.69, 9.17) is 0 Å². The average Bonchev–Trinajstić information content (AvgIpc) is 2.53. The Balaban J connectivity index is 1.86. The quantitative estimate of drug-likeness (QED) is 0.692. The maximum atomic E-state index is 12.1. The molecule has 2 rings (SSSR count). The maximum Gasteiger partial charge on any atom is 0.234 e. The highest BCUT2D eigenvalue weighted by molar-refractivity contribution is 8.00. The summed E-state index contributed by atoms with van der Waals surface area (Å²) >= 11 is 1.56. The molecule has 0 heterocycles. The van der Waals surface area contributed by atoms with Gasteiger partial charge in [0.1, 0.15) is 0 Å². The van der Waals surface area contributed by atoms with Crippen LogP contribution >= 0.6 is 11.8 Å². The summed E-state index contributed by atoms with van der Waals surface area (Å²) in [6, 6.07) is 16.5. The van der Waals surface area contributed by atoms with E-state index in [0.29, 0.717) is 11.7 Å². The van der Waals surface area contributed by atoms with E-state index in [1.54, 1.807) is 11.8 Å². The van der Waals surface area contributed by atoms with Gasteiger partial charge in [-0.15, -0.1) is 11.8 Å². The minimum atomic E-state index is 0.0252. The zero-order valence-corrected chi connectivity index (χ0v) is 16.0. The van der Waals surface area contributed by atoms with Crippen LogP contribution in [0.4, 0.5) is 5.69 Å².